The maximum atomic E-state index is 11.1. The van der Waals surface area contributed by atoms with E-state index in [1.165, 1.54) is 0 Å². The molecule has 1 aromatic rings. The third-order valence-electron chi connectivity index (χ3n) is 1.99. The number of ether oxygens (including phenoxy) is 2. The summed E-state index contributed by atoms with van der Waals surface area (Å²) in [5.74, 6) is 1.12. The van der Waals surface area contributed by atoms with Crippen molar-refractivity contribution in [2.45, 2.75) is 26.4 Å². The summed E-state index contributed by atoms with van der Waals surface area (Å²) in [6.07, 6.45) is 0. The smallest absolute Gasteiger partial charge is 0.264 e. The molecule has 0 aliphatic carbocycles. The first kappa shape index (κ1) is 12.8. The molecule has 4 heteroatoms. The highest BCUT2D eigenvalue weighted by Gasteiger charge is 2.29. The molecule has 16 heavy (non-hydrogen) atoms. The summed E-state index contributed by atoms with van der Waals surface area (Å²) >= 11 is 5.44. The maximum Gasteiger partial charge on any atom is 0.264 e. The standard InChI is InChI=1S/C12H15ClO3/c1-4-15-9-7-5-6-8-10(9)16-12(2,3)11(13)14/h5-8H,4H2,1-3H3. The van der Waals surface area contributed by atoms with Gasteiger partial charge in [0.05, 0.1) is 6.61 Å². The van der Waals surface area contributed by atoms with Crippen molar-refractivity contribution >= 4 is 16.8 Å². The van der Waals surface area contributed by atoms with Gasteiger partial charge in [0.25, 0.3) is 5.24 Å². The van der Waals surface area contributed by atoms with Crippen LogP contribution in [0, 0.1) is 0 Å². The molecule has 0 spiro atoms. The number of benzene rings is 1. The van der Waals surface area contributed by atoms with E-state index in [2.05, 4.69) is 0 Å². The van der Waals surface area contributed by atoms with Crippen LogP contribution < -0.4 is 9.47 Å². The van der Waals surface area contributed by atoms with Crippen molar-refractivity contribution in [1.82, 2.24) is 0 Å². The first-order valence-corrected chi connectivity index (χ1v) is 5.46. The van der Waals surface area contributed by atoms with Crippen LogP contribution in [0.3, 0.4) is 0 Å². The molecule has 0 N–H and O–H groups in total. The van der Waals surface area contributed by atoms with E-state index in [1.807, 2.05) is 19.1 Å². The van der Waals surface area contributed by atoms with E-state index in [4.69, 9.17) is 21.1 Å². The summed E-state index contributed by atoms with van der Waals surface area (Å²) in [5, 5.41) is -0.543. The third-order valence-corrected chi connectivity index (χ3v) is 2.44. The number of carbonyl (C=O) groups is 1. The molecule has 0 radical (unpaired) electrons. The van der Waals surface area contributed by atoms with E-state index < -0.39 is 10.8 Å². The Morgan fingerprint density at radius 1 is 1.31 bits per heavy atom. The highest BCUT2D eigenvalue weighted by molar-refractivity contribution is 6.65. The SMILES string of the molecule is CCOc1ccccc1OC(C)(C)C(=O)Cl. The van der Waals surface area contributed by atoms with Gasteiger partial charge in [0.15, 0.2) is 17.1 Å². The Balaban J connectivity index is 2.92. The molecule has 3 nitrogen and oxygen atoms in total. The number of para-hydroxylation sites is 2. The molecule has 0 heterocycles. The average molecular weight is 243 g/mol. The van der Waals surface area contributed by atoms with Crippen molar-refractivity contribution in [1.29, 1.82) is 0 Å². The maximum absolute atomic E-state index is 11.1. The predicted octanol–water partition coefficient (Wildman–Crippen LogP) is 3.01. The van der Waals surface area contributed by atoms with Crippen molar-refractivity contribution < 1.29 is 14.3 Å². The van der Waals surface area contributed by atoms with E-state index in [0.717, 1.165) is 0 Å². The fourth-order valence-corrected chi connectivity index (χ4v) is 1.16. The van der Waals surface area contributed by atoms with Gasteiger partial charge in [0, 0.05) is 0 Å². The van der Waals surface area contributed by atoms with Crippen LogP contribution in [0.1, 0.15) is 20.8 Å². The van der Waals surface area contributed by atoms with Crippen LogP contribution >= 0.6 is 11.6 Å². The summed E-state index contributed by atoms with van der Waals surface area (Å²) in [6.45, 7) is 5.65. The lowest BCUT2D eigenvalue weighted by atomic mass is 10.1. The molecule has 0 bridgehead atoms. The lowest BCUT2D eigenvalue weighted by Gasteiger charge is -2.23. The Morgan fingerprint density at radius 3 is 2.38 bits per heavy atom. The molecule has 1 rings (SSSR count). The normalized spacial score (nSPS) is 11.0. The van der Waals surface area contributed by atoms with Crippen LogP contribution in [0.5, 0.6) is 11.5 Å². The number of hydrogen-bond donors (Lipinski definition) is 0. The predicted molar refractivity (Wildman–Crippen MR) is 63.2 cm³/mol. The molecular formula is C12H15ClO3. The molecule has 0 unspecified atom stereocenters. The number of hydrogen-bond acceptors (Lipinski definition) is 3. The lowest BCUT2D eigenvalue weighted by molar-refractivity contribution is -0.123. The Kier molecular flexibility index (Phi) is 4.19. The molecule has 1 aromatic carbocycles. The molecule has 0 amide bonds. The third kappa shape index (κ3) is 3.14. The van der Waals surface area contributed by atoms with Crippen molar-refractivity contribution in [3.05, 3.63) is 24.3 Å². The van der Waals surface area contributed by atoms with Gasteiger partial charge in [-0.25, -0.2) is 0 Å². The van der Waals surface area contributed by atoms with Gasteiger partial charge in [-0.15, -0.1) is 0 Å². The molecule has 0 saturated carbocycles. The molecule has 0 fully saturated rings. The Hall–Kier alpha value is -1.22. The van der Waals surface area contributed by atoms with Gasteiger partial charge in [-0.05, 0) is 44.5 Å². The zero-order valence-corrected chi connectivity index (χ0v) is 10.4. The van der Waals surface area contributed by atoms with Crippen molar-refractivity contribution in [2.24, 2.45) is 0 Å². The fraction of sp³-hybridized carbons (Fsp3) is 0.417. The van der Waals surface area contributed by atoms with E-state index in [0.29, 0.717) is 18.1 Å². The van der Waals surface area contributed by atoms with Gasteiger partial charge in [-0.3, -0.25) is 4.79 Å². The second-order valence-electron chi connectivity index (χ2n) is 3.77. The fourth-order valence-electron chi connectivity index (χ4n) is 1.12. The minimum absolute atomic E-state index is 0.517. The summed E-state index contributed by atoms with van der Waals surface area (Å²) in [7, 11) is 0. The van der Waals surface area contributed by atoms with Gasteiger partial charge < -0.3 is 9.47 Å². The topological polar surface area (TPSA) is 35.5 Å². The van der Waals surface area contributed by atoms with Crippen LogP contribution in [0.25, 0.3) is 0 Å². The van der Waals surface area contributed by atoms with Gasteiger partial charge in [0.1, 0.15) is 0 Å². The first-order valence-electron chi connectivity index (χ1n) is 5.08. The first-order chi connectivity index (χ1) is 7.47. The molecule has 0 aliphatic rings. The van der Waals surface area contributed by atoms with Gasteiger partial charge >= 0.3 is 0 Å². The monoisotopic (exact) mass is 242 g/mol. The highest BCUT2D eigenvalue weighted by Crippen LogP contribution is 2.30. The van der Waals surface area contributed by atoms with Gasteiger partial charge in [0.2, 0.25) is 0 Å². The van der Waals surface area contributed by atoms with E-state index >= 15 is 0 Å². The Labute approximate surface area is 100 Å². The minimum Gasteiger partial charge on any atom is -0.490 e. The Morgan fingerprint density at radius 2 is 1.88 bits per heavy atom. The summed E-state index contributed by atoms with van der Waals surface area (Å²) < 4.78 is 10.9. The van der Waals surface area contributed by atoms with Crippen molar-refractivity contribution in [3.63, 3.8) is 0 Å². The van der Waals surface area contributed by atoms with Crippen molar-refractivity contribution in [2.75, 3.05) is 6.61 Å². The highest BCUT2D eigenvalue weighted by atomic mass is 35.5. The minimum atomic E-state index is -1.06. The lowest BCUT2D eigenvalue weighted by Crippen LogP contribution is -2.35. The van der Waals surface area contributed by atoms with Crippen LogP contribution in [0.15, 0.2) is 24.3 Å². The van der Waals surface area contributed by atoms with Crippen molar-refractivity contribution in [3.8, 4) is 11.5 Å². The van der Waals surface area contributed by atoms with E-state index in [1.54, 1.807) is 26.0 Å². The second-order valence-corrected chi connectivity index (χ2v) is 4.11. The summed E-state index contributed by atoms with van der Waals surface area (Å²) in [5.41, 5.74) is -1.06. The molecule has 88 valence electrons. The van der Waals surface area contributed by atoms with E-state index in [9.17, 15) is 4.79 Å². The van der Waals surface area contributed by atoms with Gasteiger partial charge in [-0.1, -0.05) is 12.1 Å². The largest absolute Gasteiger partial charge is 0.490 e. The number of rotatable bonds is 5. The van der Waals surface area contributed by atoms with Crippen LogP contribution in [-0.2, 0) is 4.79 Å². The zero-order valence-electron chi connectivity index (χ0n) is 9.62. The molecule has 0 aliphatic heterocycles. The van der Waals surface area contributed by atoms with Crippen LogP contribution in [0.4, 0.5) is 0 Å². The Bertz CT molecular complexity index is 374. The zero-order chi connectivity index (χ0) is 12.2. The molecular weight excluding hydrogens is 228 g/mol. The quantitative estimate of drug-likeness (QED) is 0.745. The number of carbonyl (C=O) groups excluding carboxylic acids is 1. The van der Waals surface area contributed by atoms with Crippen LogP contribution in [0.2, 0.25) is 0 Å². The van der Waals surface area contributed by atoms with Gasteiger partial charge in [-0.2, -0.15) is 0 Å². The van der Waals surface area contributed by atoms with Crippen LogP contribution in [-0.4, -0.2) is 17.5 Å². The molecule has 0 saturated heterocycles. The van der Waals surface area contributed by atoms with E-state index in [-0.39, 0.29) is 0 Å². The molecule has 0 atom stereocenters. The average Bonchev–Trinajstić information content (AvgIpc) is 2.20. The second kappa shape index (κ2) is 5.21. The summed E-state index contributed by atoms with van der Waals surface area (Å²) in [6, 6.07) is 7.18. The number of halogens is 1. The summed E-state index contributed by atoms with van der Waals surface area (Å²) in [4.78, 5) is 11.1. The molecule has 0 aromatic heterocycles.